The Kier molecular flexibility index (Phi) is 2.39. The lowest BCUT2D eigenvalue weighted by atomic mass is 9.89. The van der Waals surface area contributed by atoms with E-state index in [1.54, 1.807) is 6.08 Å². The first-order valence-electron chi connectivity index (χ1n) is 5.39. The van der Waals surface area contributed by atoms with Crippen LogP contribution in [0.15, 0.2) is 36.4 Å². The number of rotatable bonds is 1. The molecule has 2 heteroatoms. The van der Waals surface area contributed by atoms with Crippen molar-refractivity contribution in [3.8, 4) is 5.75 Å². The third-order valence-corrected chi connectivity index (χ3v) is 3.07. The summed E-state index contributed by atoms with van der Waals surface area (Å²) >= 11 is 0. The summed E-state index contributed by atoms with van der Waals surface area (Å²) in [6, 6.07) is 6.01. The Labute approximate surface area is 96.4 Å². The maximum Gasteiger partial charge on any atom is 0.182 e. The van der Waals surface area contributed by atoms with Crippen LogP contribution in [0.4, 0.5) is 0 Å². The van der Waals surface area contributed by atoms with Gasteiger partial charge in [-0.25, -0.2) is 0 Å². The number of ether oxygens (including phenoxy) is 1. The Morgan fingerprint density at radius 3 is 2.69 bits per heavy atom. The van der Waals surface area contributed by atoms with Crippen LogP contribution in [0.3, 0.4) is 0 Å². The molecular weight excluding hydrogens is 198 g/mol. The van der Waals surface area contributed by atoms with Crippen LogP contribution in [0.25, 0.3) is 5.57 Å². The molecule has 0 spiro atoms. The zero-order valence-corrected chi connectivity index (χ0v) is 10.0. The second-order valence-electron chi connectivity index (χ2n) is 4.40. The van der Waals surface area contributed by atoms with E-state index in [0.717, 1.165) is 22.5 Å². The average Bonchev–Trinajstić information content (AvgIpc) is 2.16. The molecule has 1 atom stereocenters. The minimum atomic E-state index is -0.785. The Morgan fingerprint density at radius 1 is 1.38 bits per heavy atom. The van der Waals surface area contributed by atoms with Gasteiger partial charge in [-0.3, -0.25) is 5.73 Å². The maximum absolute atomic E-state index is 6.14. The second kappa shape index (κ2) is 3.49. The molecule has 2 rings (SSSR count). The van der Waals surface area contributed by atoms with Gasteiger partial charge in [-0.1, -0.05) is 24.8 Å². The predicted octanol–water partition coefficient (Wildman–Crippen LogP) is 3.02. The molecule has 0 saturated heterocycles. The summed E-state index contributed by atoms with van der Waals surface area (Å²) in [5, 5.41) is 0. The molecule has 1 unspecified atom stereocenters. The number of fused-ring (bicyclic) bond motifs is 1. The average molecular weight is 215 g/mol. The first kappa shape index (κ1) is 11.0. The molecule has 0 aliphatic carbocycles. The van der Waals surface area contributed by atoms with Crippen molar-refractivity contribution in [2.45, 2.75) is 26.5 Å². The van der Waals surface area contributed by atoms with E-state index in [4.69, 9.17) is 10.5 Å². The van der Waals surface area contributed by atoms with Crippen LogP contribution in [-0.4, -0.2) is 5.72 Å². The van der Waals surface area contributed by atoms with Crippen molar-refractivity contribution >= 4 is 5.57 Å². The Balaban J connectivity index is 2.74. The van der Waals surface area contributed by atoms with E-state index in [1.165, 1.54) is 5.56 Å². The quantitative estimate of drug-likeness (QED) is 0.781. The van der Waals surface area contributed by atoms with Crippen LogP contribution >= 0.6 is 0 Å². The smallest absolute Gasteiger partial charge is 0.182 e. The molecule has 0 bridgehead atoms. The van der Waals surface area contributed by atoms with Crippen molar-refractivity contribution in [1.29, 1.82) is 0 Å². The number of hydrogen-bond acceptors (Lipinski definition) is 2. The van der Waals surface area contributed by atoms with Crippen LogP contribution in [0.2, 0.25) is 0 Å². The third-order valence-electron chi connectivity index (χ3n) is 3.07. The van der Waals surface area contributed by atoms with Gasteiger partial charge in [0.1, 0.15) is 5.75 Å². The van der Waals surface area contributed by atoms with Gasteiger partial charge in [-0.2, -0.15) is 0 Å². The fourth-order valence-corrected chi connectivity index (χ4v) is 2.35. The summed E-state index contributed by atoms with van der Waals surface area (Å²) < 4.78 is 5.82. The molecule has 1 aromatic rings. The van der Waals surface area contributed by atoms with E-state index >= 15 is 0 Å². The third kappa shape index (κ3) is 1.46. The topological polar surface area (TPSA) is 35.2 Å². The van der Waals surface area contributed by atoms with Crippen LogP contribution in [0.5, 0.6) is 5.75 Å². The Morgan fingerprint density at radius 2 is 2.06 bits per heavy atom. The zero-order valence-electron chi connectivity index (χ0n) is 10.0. The molecule has 0 amide bonds. The monoisotopic (exact) mass is 215 g/mol. The van der Waals surface area contributed by atoms with Gasteiger partial charge in [0.05, 0.1) is 0 Å². The van der Waals surface area contributed by atoms with Crippen molar-refractivity contribution in [3.63, 3.8) is 0 Å². The molecule has 0 radical (unpaired) electrons. The van der Waals surface area contributed by atoms with Crippen LogP contribution in [-0.2, 0) is 0 Å². The number of aryl methyl sites for hydroxylation is 1. The van der Waals surface area contributed by atoms with Gasteiger partial charge < -0.3 is 4.74 Å². The molecule has 0 saturated carbocycles. The van der Waals surface area contributed by atoms with Gasteiger partial charge in [0.25, 0.3) is 0 Å². The lowest BCUT2D eigenvalue weighted by molar-refractivity contribution is 0.135. The van der Waals surface area contributed by atoms with E-state index in [2.05, 4.69) is 26.5 Å². The van der Waals surface area contributed by atoms with Crippen molar-refractivity contribution in [1.82, 2.24) is 0 Å². The van der Waals surface area contributed by atoms with E-state index in [0.29, 0.717) is 0 Å². The van der Waals surface area contributed by atoms with Gasteiger partial charge in [-0.05, 0) is 38.0 Å². The SMILES string of the molecule is C=CC1=C(C)c2c(C)cccc2OC1(C)N. The Bertz CT molecular complexity index is 484. The largest absolute Gasteiger partial charge is 0.468 e. The van der Waals surface area contributed by atoms with E-state index in [-0.39, 0.29) is 0 Å². The van der Waals surface area contributed by atoms with E-state index in [1.807, 2.05) is 19.1 Å². The van der Waals surface area contributed by atoms with Crippen LogP contribution in [0.1, 0.15) is 25.0 Å². The molecule has 16 heavy (non-hydrogen) atoms. The fraction of sp³-hybridized carbons (Fsp3) is 0.286. The summed E-state index contributed by atoms with van der Waals surface area (Å²) in [4.78, 5) is 0. The van der Waals surface area contributed by atoms with Crippen molar-refractivity contribution in [3.05, 3.63) is 47.6 Å². The molecule has 2 nitrogen and oxygen atoms in total. The first-order chi connectivity index (χ1) is 7.47. The highest BCUT2D eigenvalue weighted by molar-refractivity contribution is 5.78. The van der Waals surface area contributed by atoms with Gasteiger partial charge in [0, 0.05) is 11.1 Å². The highest BCUT2D eigenvalue weighted by atomic mass is 16.5. The van der Waals surface area contributed by atoms with Crippen molar-refractivity contribution in [2.24, 2.45) is 5.73 Å². The number of nitrogens with two attached hydrogens (primary N) is 1. The highest BCUT2D eigenvalue weighted by Crippen LogP contribution is 2.40. The van der Waals surface area contributed by atoms with E-state index in [9.17, 15) is 0 Å². The number of hydrogen-bond donors (Lipinski definition) is 1. The van der Waals surface area contributed by atoms with Gasteiger partial charge in [0.2, 0.25) is 0 Å². The summed E-state index contributed by atoms with van der Waals surface area (Å²) in [6.45, 7) is 9.82. The van der Waals surface area contributed by atoms with Crippen molar-refractivity contribution in [2.75, 3.05) is 0 Å². The van der Waals surface area contributed by atoms with Crippen LogP contribution < -0.4 is 10.5 Å². The number of allylic oxidation sites excluding steroid dienone is 1. The molecule has 2 N–H and O–H groups in total. The molecule has 1 aliphatic heterocycles. The second-order valence-corrected chi connectivity index (χ2v) is 4.40. The molecule has 1 aromatic carbocycles. The van der Waals surface area contributed by atoms with Gasteiger partial charge in [0.15, 0.2) is 5.72 Å². The van der Waals surface area contributed by atoms with Crippen molar-refractivity contribution < 1.29 is 4.74 Å². The standard InChI is InChI=1S/C14H17NO/c1-5-11-10(3)13-9(2)7-6-8-12(13)16-14(11,4)15/h5-8H,1,15H2,2-4H3. The lowest BCUT2D eigenvalue weighted by Gasteiger charge is -2.35. The molecule has 0 aromatic heterocycles. The van der Waals surface area contributed by atoms with Crippen LogP contribution in [0, 0.1) is 6.92 Å². The summed E-state index contributed by atoms with van der Waals surface area (Å²) in [5.41, 5.74) is 9.79. The minimum Gasteiger partial charge on any atom is -0.468 e. The normalized spacial score (nSPS) is 23.8. The minimum absolute atomic E-state index is 0.785. The predicted molar refractivity (Wildman–Crippen MR) is 67.2 cm³/mol. The lowest BCUT2D eigenvalue weighted by Crippen LogP contribution is -2.46. The summed E-state index contributed by atoms with van der Waals surface area (Å²) in [7, 11) is 0. The molecule has 84 valence electrons. The zero-order chi connectivity index (χ0) is 11.9. The fourth-order valence-electron chi connectivity index (χ4n) is 2.35. The van der Waals surface area contributed by atoms with E-state index < -0.39 is 5.72 Å². The summed E-state index contributed by atoms with van der Waals surface area (Å²) in [5.74, 6) is 0.855. The highest BCUT2D eigenvalue weighted by Gasteiger charge is 2.32. The Hall–Kier alpha value is -1.54. The molecule has 1 heterocycles. The molecule has 0 fully saturated rings. The number of benzene rings is 1. The molecular formula is C14H17NO. The van der Waals surface area contributed by atoms with Gasteiger partial charge >= 0.3 is 0 Å². The van der Waals surface area contributed by atoms with Gasteiger partial charge in [-0.15, -0.1) is 0 Å². The first-order valence-corrected chi connectivity index (χ1v) is 5.39. The molecule has 1 aliphatic rings. The maximum atomic E-state index is 6.14. The summed E-state index contributed by atoms with van der Waals surface area (Å²) in [6.07, 6.45) is 1.78.